The average Bonchev–Trinajstić information content (AvgIpc) is 2.03. The highest BCUT2D eigenvalue weighted by Crippen LogP contribution is 2.01. The zero-order chi connectivity index (χ0) is 11.4. The lowest BCUT2D eigenvalue weighted by Crippen LogP contribution is -2.26. The molecule has 5 nitrogen and oxygen atoms in total. The number of sulfone groups is 1. The predicted molar refractivity (Wildman–Crippen MR) is 52.0 cm³/mol. The van der Waals surface area contributed by atoms with Crippen molar-refractivity contribution >= 4 is 15.8 Å². The van der Waals surface area contributed by atoms with Crippen molar-refractivity contribution in [3.05, 3.63) is 0 Å². The van der Waals surface area contributed by atoms with E-state index in [2.05, 4.69) is 0 Å². The van der Waals surface area contributed by atoms with Crippen molar-refractivity contribution in [2.75, 3.05) is 12.4 Å². The molecule has 0 aliphatic carbocycles. The Balaban J connectivity index is 3.92. The molecule has 0 spiro atoms. The fourth-order valence-corrected chi connectivity index (χ4v) is 1.45. The van der Waals surface area contributed by atoms with E-state index >= 15 is 0 Å². The fraction of sp³-hybridized carbons (Fsp3) is 0.875. The van der Waals surface area contributed by atoms with Crippen molar-refractivity contribution < 1.29 is 23.1 Å². The molecule has 1 atom stereocenters. The summed E-state index contributed by atoms with van der Waals surface area (Å²) >= 11 is 0. The van der Waals surface area contributed by atoms with E-state index in [1.165, 1.54) is 6.92 Å². The van der Waals surface area contributed by atoms with Gasteiger partial charge in [0.2, 0.25) is 0 Å². The first kappa shape index (κ1) is 13.4. The van der Waals surface area contributed by atoms with Crippen molar-refractivity contribution in [1.82, 2.24) is 0 Å². The lowest BCUT2D eigenvalue weighted by molar-refractivity contribution is -0.148. The maximum atomic E-state index is 11.3. The summed E-state index contributed by atoms with van der Waals surface area (Å²) in [6, 6.07) is 0. The summed E-state index contributed by atoms with van der Waals surface area (Å²) in [7, 11) is -3.14. The SMILES string of the molecule is CC(C)S(=O)(=O)CCO[C@@H](C)C(=O)O. The standard InChI is InChI=1S/C8H16O5S/c1-6(2)14(11,12)5-4-13-7(3)8(9)10/h6-7H,4-5H2,1-3H3,(H,9,10)/t7-/m0/s1. The third kappa shape index (κ3) is 4.57. The summed E-state index contributed by atoms with van der Waals surface area (Å²) in [5.41, 5.74) is 0. The van der Waals surface area contributed by atoms with Crippen LogP contribution >= 0.6 is 0 Å². The maximum Gasteiger partial charge on any atom is 0.332 e. The molecule has 0 saturated carbocycles. The Kier molecular flexibility index (Phi) is 5.07. The van der Waals surface area contributed by atoms with Gasteiger partial charge in [-0.25, -0.2) is 13.2 Å². The summed E-state index contributed by atoms with van der Waals surface area (Å²) in [6.07, 6.45) is -0.961. The number of carboxylic acid groups (broad SMARTS) is 1. The number of rotatable bonds is 6. The van der Waals surface area contributed by atoms with Crippen molar-refractivity contribution in [3.8, 4) is 0 Å². The van der Waals surface area contributed by atoms with Crippen LogP contribution in [0.25, 0.3) is 0 Å². The summed E-state index contributed by atoms with van der Waals surface area (Å²) in [5.74, 6) is -1.23. The van der Waals surface area contributed by atoms with E-state index in [1.807, 2.05) is 0 Å². The van der Waals surface area contributed by atoms with Gasteiger partial charge in [0.15, 0.2) is 15.9 Å². The Morgan fingerprint density at radius 3 is 2.21 bits per heavy atom. The summed E-state index contributed by atoms with van der Waals surface area (Å²) in [4.78, 5) is 10.3. The predicted octanol–water partition coefficient (Wildman–Crippen LogP) is 0.299. The molecule has 0 fully saturated rings. The van der Waals surface area contributed by atoms with Crippen molar-refractivity contribution in [2.45, 2.75) is 32.1 Å². The number of aliphatic carboxylic acids is 1. The van der Waals surface area contributed by atoms with Crippen LogP contribution in [0.4, 0.5) is 0 Å². The largest absolute Gasteiger partial charge is 0.479 e. The molecule has 0 bridgehead atoms. The quantitative estimate of drug-likeness (QED) is 0.701. The van der Waals surface area contributed by atoms with Gasteiger partial charge in [-0.1, -0.05) is 0 Å². The van der Waals surface area contributed by atoms with Gasteiger partial charge in [0.1, 0.15) is 0 Å². The highest BCUT2D eigenvalue weighted by Gasteiger charge is 2.17. The number of hydrogen-bond donors (Lipinski definition) is 1. The lowest BCUT2D eigenvalue weighted by Gasteiger charge is -2.10. The Hall–Kier alpha value is -0.620. The minimum Gasteiger partial charge on any atom is -0.479 e. The molecule has 0 unspecified atom stereocenters. The molecule has 0 radical (unpaired) electrons. The second-order valence-electron chi connectivity index (χ2n) is 3.27. The molecule has 0 aromatic carbocycles. The van der Waals surface area contributed by atoms with Crippen LogP contribution in [0, 0.1) is 0 Å². The minimum absolute atomic E-state index is 0.0754. The van der Waals surface area contributed by atoms with Gasteiger partial charge in [-0.2, -0.15) is 0 Å². The van der Waals surface area contributed by atoms with Crippen molar-refractivity contribution in [2.24, 2.45) is 0 Å². The second kappa shape index (κ2) is 5.31. The highest BCUT2D eigenvalue weighted by molar-refractivity contribution is 7.91. The molecule has 1 N–H and O–H groups in total. The van der Waals surface area contributed by atoms with E-state index < -0.39 is 27.2 Å². The first-order valence-electron chi connectivity index (χ1n) is 4.33. The smallest absolute Gasteiger partial charge is 0.332 e. The highest BCUT2D eigenvalue weighted by atomic mass is 32.2. The van der Waals surface area contributed by atoms with Crippen LogP contribution in [0.2, 0.25) is 0 Å². The van der Waals surface area contributed by atoms with E-state index in [4.69, 9.17) is 9.84 Å². The Bertz CT molecular complexity index is 280. The molecular formula is C8H16O5S. The Morgan fingerprint density at radius 2 is 1.86 bits per heavy atom. The molecule has 0 aromatic rings. The van der Waals surface area contributed by atoms with Crippen molar-refractivity contribution in [1.29, 1.82) is 0 Å². The molecule has 0 rings (SSSR count). The van der Waals surface area contributed by atoms with Crippen molar-refractivity contribution in [3.63, 3.8) is 0 Å². The second-order valence-corrected chi connectivity index (χ2v) is 5.94. The van der Waals surface area contributed by atoms with Crippen LogP contribution in [0.5, 0.6) is 0 Å². The number of hydrogen-bond acceptors (Lipinski definition) is 4. The van der Waals surface area contributed by atoms with Gasteiger partial charge in [0, 0.05) is 0 Å². The molecular weight excluding hydrogens is 208 g/mol. The van der Waals surface area contributed by atoms with Gasteiger partial charge in [-0.3, -0.25) is 0 Å². The first-order valence-corrected chi connectivity index (χ1v) is 6.05. The Labute approximate surface area is 84.0 Å². The van der Waals surface area contributed by atoms with E-state index in [-0.39, 0.29) is 12.4 Å². The van der Waals surface area contributed by atoms with Crippen LogP contribution in [-0.4, -0.2) is 43.2 Å². The van der Waals surface area contributed by atoms with E-state index in [0.29, 0.717) is 0 Å². The molecule has 0 saturated heterocycles. The number of carbonyl (C=O) groups is 1. The lowest BCUT2D eigenvalue weighted by atomic mass is 10.4. The van der Waals surface area contributed by atoms with Gasteiger partial charge < -0.3 is 9.84 Å². The van der Waals surface area contributed by atoms with Gasteiger partial charge >= 0.3 is 5.97 Å². The van der Waals surface area contributed by atoms with E-state index in [0.717, 1.165) is 0 Å². The van der Waals surface area contributed by atoms with E-state index in [1.54, 1.807) is 13.8 Å². The molecule has 0 aliphatic heterocycles. The topological polar surface area (TPSA) is 80.7 Å². The first-order chi connectivity index (χ1) is 6.27. The maximum absolute atomic E-state index is 11.3. The minimum atomic E-state index is -3.14. The van der Waals surface area contributed by atoms with Gasteiger partial charge in [0.25, 0.3) is 0 Å². The van der Waals surface area contributed by atoms with Crippen LogP contribution in [0.3, 0.4) is 0 Å². The Morgan fingerprint density at radius 1 is 1.36 bits per heavy atom. The molecule has 14 heavy (non-hydrogen) atoms. The summed E-state index contributed by atoms with van der Waals surface area (Å²) < 4.78 is 27.3. The molecule has 0 aromatic heterocycles. The average molecular weight is 224 g/mol. The molecule has 0 aliphatic rings. The third-order valence-electron chi connectivity index (χ3n) is 1.80. The van der Waals surface area contributed by atoms with Gasteiger partial charge in [-0.05, 0) is 20.8 Å². The van der Waals surface area contributed by atoms with Crippen LogP contribution in [-0.2, 0) is 19.4 Å². The zero-order valence-corrected chi connectivity index (χ0v) is 9.37. The van der Waals surface area contributed by atoms with E-state index in [9.17, 15) is 13.2 Å². The van der Waals surface area contributed by atoms with Gasteiger partial charge in [0.05, 0.1) is 17.6 Å². The number of carboxylic acids is 1. The molecule has 0 heterocycles. The summed E-state index contributed by atoms with van der Waals surface area (Å²) in [6.45, 7) is 4.45. The molecule has 6 heteroatoms. The summed E-state index contributed by atoms with van der Waals surface area (Å²) in [5, 5.41) is 7.99. The fourth-order valence-electron chi connectivity index (χ4n) is 0.648. The molecule has 0 amide bonds. The van der Waals surface area contributed by atoms with Gasteiger partial charge in [-0.15, -0.1) is 0 Å². The van der Waals surface area contributed by atoms with Crippen LogP contribution in [0.15, 0.2) is 0 Å². The third-order valence-corrected chi connectivity index (χ3v) is 3.97. The van der Waals surface area contributed by atoms with Crippen LogP contribution in [0.1, 0.15) is 20.8 Å². The molecule has 84 valence electrons. The normalized spacial score (nSPS) is 14.3. The zero-order valence-electron chi connectivity index (χ0n) is 8.56. The number of ether oxygens (including phenoxy) is 1. The monoisotopic (exact) mass is 224 g/mol. The van der Waals surface area contributed by atoms with Crippen LogP contribution < -0.4 is 0 Å².